The topological polar surface area (TPSA) is 37.7 Å². The van der Waals surface area contributed by atoms with Gasteiger partial charge < -0.3 is 4.57 Å². The van der Waals surface area contributed by atoms with Gasteiger partial charge in [-0.3, -0.25) is 0 Å². The van der Waals surface area contributed by atoms with E-state index in [1.54, 1.807) is 18.6 Å². The molecule has 0 saturated heterocycles. The van der Waals surface area contributed by atoms with Crippen molar-refractivity contribution in [1.29, 1.82) is 0 Å². The molecule has 2 rings (SSSR count). The van der Waals surface area contributed by atoms with Crippen molar-refractivity contribution in [3.8, 4) is 0 Å². The summed E-state index contributed by atoms with van der Waals surface area (Å²) >= 11 is 0. The summed E-state index contributed by atoms with van der Waals surface area (Å²) in [5.41, 5.74) is 2.26. The summed E-state index contributed by atoms with van der Waals surface area (Å²) < 4.78 is 2.01. The molecule has 0 aliphatic heterocycles. The standard InChI is InChI=1S/C13H13N2O/c16-8-2-5-12-3-1-4-13(9-12)10-15-7-6-14-11-15/h1-7,9,11H,8,10H2. The molecule has 3 heteroatoms. The summed E-state index contributed by atoms with van der Waals surface area (Å²) in [5, 5.41) is 10.3. The van der Waals surface area contributed by atoms with Gasteiger partial charge in [-0.05, 0) is 17.2 Å². The van der Waals surface area contributed by atoms with Gasteiger partial charge >= 0.3 is 0 Å². The summed E-state index contributed by atoms with van der Waals surface area (Å²) in [4.78, 5) is 4.00. The van der Waals surface area contributed by atoms with Gasteiger partial charge in [-0.1, -0.05) is 30.4 Å². The zero-order chi connectivity index (χ0) is 11.2. The Labute approximate surface area is 94.7 Å². The fourth-order valence-electron chi connectivity index (χ4n) is 1.57. The van der Waals surface area contributed by atoms with E-state index in [0.29, 0.717) is 0 Å². The zero-order valence-corrected chi connectivity index (χ0v) is 8.91. The molecule has 3 nitrogen and oxygen atoms in total. The molecule has 0 unspecified atom stereocenters. The van der Waals surface area contributed by atoms with Crippen LogP contribution in [0.2, 0.25) is 0 Å². The molecule has 0 amide bonds. The number of hydrogen-bond donors (Lipinski definition) is 0. The third kappa shape index (κ3) is 2.81. The summed E-state index contributed by atoms with van der Waals surface area (Å²) in [6.45, 7) is 0.630. The monoisotopic (exact) mass is 213 g/mol. The minimum atomic E-state index is -0.175. The average Bonchev–Trinajstić information content (AvgIpc) is 2.80. The molecular weight excluding hydrogens is 200 g/mol. The van der Waals surface area contributed by atoms with Crippen molar-refractivity contribution >= 4 is 6.08 Å². The van der Waals surface area contributed by atoms with Crippen LogP contribution >= 0.6 is 0 Å². The summed E-state index contributed by atoms with van der Waals surface area (Å²) in [6, 6.07) is 8.13. The van der Waals surface area contributed by atoms with Crippen LogP contribution in [0.25, 0.3) is 6.08 Å². The van der Waals surface area contributed by atoms with Crippen LogP contribution in [0.5, 0.6) is 0 Å². The van der Waals surface area contributed by atoms with Crippen LogP contribution in [0.1, 0.15) is 11.1 Å². The molecule has 0 spiro atoms. The molecule has 1 radical (unpaired) electrons. The fraction of sp³-hybridized carbons (Fsp3) is 0.154. The Morgan fingerprint density at radius 3 is 3.06 bits per heavy atom. The Morgan fingerprint density at radius 2 is 2.31 bits per heavy atom. The van der Waals surface area contributed by atoms with Crippen molar-refractivity contribution in [3.63, 3.8) is 0 Å². The van der Waals surface area contributed by atoms with Gasteiger partial charge in [0.05, 0.1) is 6.33 Å². The molecule has 1 heterocycles. The second-order valence-corrected chi connectivity index (χ2v) is 3.55. The van der Waals surface area contributed by atoms with Crippen LogP contribution in [0.15, 0.2) is 49.1 Å². The maximum absolute atomic E-state index is 10.3. The van der Waals surface area contributed by atoms with E-state index in [4.69, 9.17) is 0 Å². The minimum absolute atomic E-state index is 0.175. The Bertz CT molecular complexity index is 461. The van der Waals surface area contributed by atoms with Crippen molar-refractivity contribution in [2.75, 3.05) is 6.61 Å². The van der Waals surface area contributed by atoms with Gasteiger partial charge in [-0.15, -0.1) is 0 Å². The van der Waals surface area contributed by atoms with Gasteiger partial charge in [0.2, 0.25) is 0 Å². The third-order valence-electron chi connectivity index (χ3n) is 2.28. The second-order valence-electron chi connectivity index (χ2n) is 3.55. The van der Waals surface area contributed by atoms with E-state index in [1.807, 2.05) is 29.0 Å². The second kappa shape index (κ2) is 5.28. The Balaban J connectivity index is 2.13. The van der Waals surface area contributed by atoms with E-state index in [1.165, 1.54) is 5.56 Å². The molecule has 1 aromatic carbocycles. The highest BCUT2D eigenvalue weighted by Gasteiger charge is 1.95. The van der Waals surface area contributed by atoms with E-state index in [9.17, 15) is 5.11 Å². The van der Waals surface area contributed by atoms with Gasteiger partial charge in [0, 0.05) is 18.9 Å². The predicted octanol–water partition coefficient (Wildman–Crippen LogP) is 2.38. The number of hydrogen-bond acceptors (Lipinski definition) is 1. The minimum Gasteiger partial charge on any atom is -0.333 e. The Morgan fingerprint density at radius 1 is 1.38 bits per heavy atom. The van der Waals surface area contributed by atoms with E-state index in [0.717, 1.165) is 12.1 Å². The first-order valence-corrected chi connectivity index (χ1v) is 5.18. The summed E-state index contributed by atoms with van der Waals surface area (Å²) in [6.07, 6.45) is 8.96. The molecule has 0 atom stereocenters. The predicted molar refractivity (Wildman–Crippen MR) is 62.4 cm³/mol. The number of rotatable bonds is 4. The molecule has 2 aromatic rings. The first-order valence-electron chi connectivity index (χ1n) is 5.18. The van der Waals surface area contributed by atoms with E-state index >= 15 is 0 Å². The van der Waals surface area contributed by atoms with Crippen molar-refractivity contribution < 1.29 is 5.11 Å². The van der Waals surface area contributed by atoms with E-state index in [-0.39, 0.29) is 6.61 Å². The zero-order valence-electron chi connectivity index (χ0n) is 8.91. The molecule has 0 aliphatic carbocycles. The quantitative estimate of drug-likeness (QED) is 0.768. The van der Waals surface area contributed by atoms with E-state index in [2.05, 4.69) is 17.1 Å². The number of imidazole rings is 1. The highest BCUT2D eigenvalue weighted by molar-refractivity contribution is 5.50. The van der Waals surface area contributed by atoms with Gasteiger partial charge in [0.25, 0.3) is 0 Å². The average molecular weight is 213 g/mol. The van der Waals surface area contributed by atoms with Crippen LogP contribution in [-0.2, 0) is 11.7 Å². The number of benzene rings is 1. The smallest absolute Gasteiger partial charge is 0.101 e. The molecule has 0 saturated carbocycles. The molecular formula is C13H13N2O. The maximum atomic E-state index is 10.3. The highest BCUT2D eigenvalue weighted by Crippen LogP contribution is 2.08. The van der Waals surface area contributed by atoms with Crippen molar-refractivity contribution in [2.45, 2.75) is 6.54 Å². The number of nitrogens with zero attached hydrogens (tertiary/aromatic N) is 2. The molecule has 16 heavy (non-hydrogen) atoms. The molecule has 81 valence electrons. The third-order valence-corrected chi connectivity index (χ3v) is 2.28. The van der Waals surface area contributed by atoms with Crippen molar-refractivity contribution in [2.24, 2.45) is 0 Å². The van der Waals surface area contributed by atoms with Gasteiger partial charge in [0.1, 0.15) is 6.61 Å². The van der Waals surface area contributed by atoms with Crippen LogP contribution in [0, 0.1) is 0 Å². The summed E-state index contributed by atoms with van der Waals surface area (Å²) in [7, 11) is 0. The van der Waals surface area contributed by atoms with Gasteiger partial charge in [-0.25, -0.2) is 10.1 Å². The first-order chi connectivity index (χ1) is 7.88. The maximum Gasteiger partial charge on any atom is 0.101 e. The van der Waals surface area contributed by atoms with Crippen LogP contribution in [-0.4, -0.2) is 16.2 Å². The number of aromatic nitrogens is 2. The van der Waals surface area contributed by atoms with Crippen molar-refractivity contribution in [1.82, 2.24) is 9.55 Å². The first kappa shape index (κ1) is 10.6. The molecule has 0 fully saturated rings. The normalized spacial score (nSPS) is 11.1. The molecule has 0 N–H and O–H groups in total. The summed E-state index contributed by atoms with van der Waals surface area (Å²) in [5.74, 6) is 0. The lowest BCUT2D eigenvalue weighted by Crippen LogP contribution is -1.96. The molecule has 1 aromatic heterocycles. The lowest BCUT2D eigenvalue weighted by molar-refractivity contribution is 0.233. The lowest BCUT2D eigenvalue weighted by Gasteiger charge is -2.03. The molecule has 0 bridgehead atoms. The van der Waals surface area contributed by atoms with Crippen molar-refractivity contribution in [3.05, 3.63) is 60.2 Å². The largest absolute Gasteiger partial charge is 0.333 e. The molecule has 0 aliphatic rings. The van der Waals surface area contributed by atoms with E-state index < -0.39 is 0 Å². The van der Waals surface area contributed by atoms with Gasteiger partial charge in [0.15, 0.2) is 0 Å². The van der Waals surface area contributed by atoms with Gasteiger partial charge in [-0.2, -0.15) is 0 Å². The fourth-order valence-corrected chi connectivity index (χ4v) is 1.57. The Hall–Kier alpha value is -1.87. The lowest BCUT2D eigenvalue weighted by atomic mass is 10.1. The van der Waals surface area contributed by atoms with Crippen LogP contribution in [0.4, 0.5) is 0 Å². The van der Waals surface area contributed by atoms with Crippen LogP contribution in [0.3, 0.4) is 0 Å². The highest BCUT2D eigenvalue weighted by atomic mass is 16.2. The Kier molecular flexibility index (Phi) is 3.51. The van der Waals surface area contributed by atoms with Crippen LogP contribution < -0.4 is 0 Å². The SMILES string of the molecule is [O]CC=Cc1cccc(Cn2ccnc2)c1.